The Morgan fingerprint density at radius 3 is 2.81 bits per heavy atom. The first-order valence-corrected chi connectivity index (χ1v) is 9.74. The van der Waals surface area contributed by atoms with E-state index in [4.69, 9.17) is 4.74 Å². The maximum Gasteiger partial charge on any atom is 0.160 e. The minimum atomic E-state index is -0.330. The third kappa shape index (κ3) is 4.09. The molecule has 0 saturated carbocycles. The summed E-state index contributed by atoms with van der Waals surface area (Å²) in [6.07, 6.45) is 14.4. The molecule has 4 rings (SSSR count). The molecule has 0 aliphatic heterocycles. The lowest BCUT2D eigenvalue weighted by molar-refractivity contribution is -0.112. The second-order valence-electron chi connectivity index (χ2n) is 7.60. The van der Waals surface area contributed by atoms with Gasteiger partial charge in [-0.05, 0) is 60.8 Å². The summed E-state index contributed by atoms with van der Waals surface area (Å²) in [4.78, 5) is 16.4. The summed E-state index contributed by atoms with van der Waals surface area (Å²) >= 11 is 0. The van der Waals surface area contributed by atoms with Crippen molar-refractivity contribution in [2.45, 2.75) is 44.6 Å². The highest BCUT2D eigenvalue weighted by Gasteiger charge is 2.23. The highest BCUT2D eigenvalue weighted by Crippen LogP contribution is 2.20. The van der Waals surface area contributed by atoms with Crippen LogP contribution in [0.15, 0.2) is 36.5 Å². The van der Waals surface area contributed by atoms with Crippen molar-refractivity contribution in [3.8, 4) is 0 Å². The van der Waals surface area contributed by atoms with Crippen molar-refractivity contribution in [1.29, 1.82) is 0 Å². The topological polar surface area (TPSA) is 39.2 Å². The Balaban J connectivity index is 1.43. The van der Waals surface area contributed by atoms with E-state index in [-0.39, 0.29) is 11.4 Å². The predicted octanol–water partition coefficient (Wildman–Crippen LogP) is 1.38. The lowest BCUT2D eigenvalue weighted by atomic mass is 9.94. The number of ketones is 1. The van der Waals surface area contributed by atoms with Crippen molar-refractivity contribution in [3.63, 3.8) is 0 Å². The molecule has 2 aromatic rings. The molecule has 2 aliphatic carbocycles. The van der Waals surface area contributed by atoms with Gasteiger partial charge in [-0.15, -0.1) is 0 Å². The number of ether oxygens (including phenoxy) is 1. The SMILES string of the molecule is CC1(OCCCCc2ccccc2)C=c2ncc3c(c2=CC1)=CC(=O)CC=3. The molecule has 1 unspecified atom stereocenters. The van der Waals surface area contributed by atoms with Gasteiger partial charge in [0.2, 0.25) is 0 Å². The smallest absolute Gasteiger partial charge is 0.160 e. The van der Waals surface area contributed by atoms with Gasteiger partial charge in [0.05, 0.1) is 11.0 Å². The maximum atomic E-state index is 11.8. The van der Waals surface area contributed by atoms with Crippen molar-refractivity contribution in [2.75, 3.05) is 6.61 Å². The van der Waals surface area contributed by atoms with Gasteiger partial charge >= 0.3 is 0 Å². The molecule has 138 valence electrons. The molecule has 3 nitrogen and oxygen atoms in total. The van der Waals surface area contributed by atoms with Crippen LogP contribution in [0, 0.1) is 0 Å². The first kappa shape index (κ1) is 17.9. The van der Waals surface area contributed by atoms with Crippen molar-refractivity contribution >= 4 is 30.1 Å². The Morgan fingerprint density at radius 1 is 1.11 bits per heavy atom. The monoisotopic (exact) mass is 359 g/mol. The van der Waals surface area contributed by atoms with Crippen LogP contribution in [0.1, 0.15) is 38.2 Å². The lowest BCUT2D eigenvalue weighted by Crippen LogP contribution is -2.54. The van der Waals surface area contributed by atoms with Gasteiger partial charge in [0, 0.05) is 24.4 Å². The Labute approximate surface area is 159 Å². The van der Waals surface area contributed by atoms with Crippen LogP contribution in [-0.2, 0) is 16.0 Å². The summed E-state index contributed by atoms with van der Waals surface area (Å²) < 4.78 is 6.22. The normalized spacial score (nSPS) is 20.4. The number of unbranched alkanes of at least 4 members (excludes halogenated alkanes) is 1. The third-order valence-electron chi connectivity index (χ3n) is 5.34. The van der Waals surface area contributed by atoms with Crippen molar-refractivity contribution in [3.05, 3.63) is 63.1 Å². The highest BCUT2D eigenvalue weighted by molar-refractivity contribution is 6.09. The number of fused-ring (bicyclic) bond motifs is 3. The van der Waals surface area contributed by atoms with Crippen LogP contribution < -0.4 is 21.0 Å². The molecule has 1 atom stereocenters. The van der Waals surface area contributed by atoms with Crippen LogP contribution >= 0.6 is 0 Å². The maximum absolute atomic E-state index is 11.8. The second kappa shape index (κ2) is 7.61. The predicted molar refractivity (Wildman–Crippen MR) is 109 cm³/mol. The molecule has 0 bridgehead atoms. The van der Waals surface area contributed by atoms with Crippen LogP contribution in [0.4, 0.5) is 0 Å². The zero-order valence-corrected chi connectivity index (χ0v) is 15.8. The zero-order valence-electron chi connectivity index (χ0n) is 15.8. The van der Waals surface area contributed by atoms with E-state index in [0.29, 0.717) is 6.42 Å². The van der Waals surface area contributed by atoms with E-state index >= 15 is 0 Å². The van der Waals surface area contributed by atoms with Crippen LogP contribution in [0.25, 0.3) is 24.3 Å². The molecule has 0 saturated heterocycles. The number of aryl methyl sites for hydroxylation is 1. The Morgan fingerprint density at radius 2 is 1.96 bits per heavy atom. The summed E-state index contributed by atoms with van der Waals surface area (Å²) in [5.74, 6) is 0.160. The van der Waals surface area contributed by atoms with E-state index in [1.807, 2.05) is 12.3 Å². The zero-order chi connectivity index (χ0) is 18.7. The van der Waals surface area contributed by atoms with E-state index in [0.717, 1.165) is 53.3 Å². The highest BCUT2D eigenvalue weighted by atomic mass is 16.5. The van der Waals surface area contributed by atoms with Gasteiger partial charge in [0.15, 0.2) is 5.78 Å². The molecule has 1 heterocycles. The summed E-state index contributed by atoms with van der Waals surface area (Å²) in [6, 6.07) is 10.6. The largest absolute Gasteiger partial charge is 0.371 e. The molecule has 0 N–H and O–H groups in total. The molecular weight excluding hydrogens is 334 g/mol. The van der Waals surface area contributed by atoms with Crippen LogP contribution in [0.3, 0.4) is 0 Å². The van der Waals surface area contributed by atoms with Gasteiger partial charge in [-0.25, -0.2) is 0 Å². The van der Waals surface area contributed by atoms with E-state index < -0.39 is 0 Å². The summed E-state index contributed by atoms with van der Waals surface area (Å²) in [6.45, 7) is 2.86. The number of Topliss-reactive ketones (excluding diaryl/α,β-unsaturated/α-hetero) is 1. The van der Waals surface area contributed by atoms with Crippen molar-refractivity contribution < 1.29 is 9.53 Å². The van der Waals surface area contributed by atoms with Gasteiger partial charge in [-0.1, -0.05) is 42.5 Å². The average Bonchev–Trinajstić information content (AvgIpc) is 2.68. The minimum absolute atomic E-state index is 0.160. The number of nitrogens with zero attached hydrogens (tertiary/aromatic N) is 1. The number of pyridine rings is 1. The van der Waals surface area contributed by atoms with Crippen molar-refractivity contribution in [2.24, 2.45) is 0 Å². The van der Waals surface area contributed by atoms with Crippen molar-refractivity contribution in [1.82, 2.24) is 4.98 Å². The number of hydrogen-bond donors (Lipinski definition) is 0. The molecule has 2 aliphatic rings. The third-order valence-corrected chi connectivity index (χ3v) is 5.34. The number of aromatic nitrogens is 1. The van der Waals surface area contributed by atoms with Gasteiger partial charge < -0.3 is 4.74 Å². The van der Waals surface area contributed by atoms with E-state index in [1.54, 1.807) is 6.08 Å². The van der Waals surface area contributed by atoms with Gasteiger partial charge in [0.1, 0.15) is 0 Å². The fourth-order valence-corrected chi connectivity index (χ4v) is 3.79. The van der Waals surface area contributed by atoms with Crippen LogP contribution in [0.2, 0.25) is 0 Å². The molecular formula is C24H25NO2. The van der Waals surface area contributed by atoms with Gasteiger partial charge in [0.25, 0.3) is 0 Å². The van der Waals surface area contributed by atoms with E-state index in [9.17, 15) is 4.79 Å². The molecule has 3 heteroatoms. The molecule has 27 heavy (non-hydrogen) atoms. The van der Waals surface area contributed by atoms with E-state index in [1.165, 1.54) is 5.56 Å². The fourth-order valence-electron chi connectivity index (χ4n) is 3.79. The number of carbonyl (C=O) groups is 1. The van der Waals surface area contributed by atoms with E-state index in [2.05, 4.69) is 54.4 Å². The standard InChI is InChI=1S/C24H25NO2/c1-24(27-14-6-5-9-18-7-3-2-4-8-18)13-12-21-22-15-20(26)11-10-19(22)17-25-23(21)16-24/h2-4,7-8,10,12,15-17H,5-6,9,11,13-14H2,1H3. The fraction of sp³-hybridized carbons (Fsp3) is 0.333. The summed E-state index contributed by atoms with van der Waals surface area (Å²) in [5.41, 5.74) is 1.05. The second-order valence-corrected chi connectivity index (χ2v) is 7.60. The number of rotatable bonds is 6. The molecule has 1 aromatic heterocycles. The average molecular weight is 359 g/mol. The number of benzene rings is 1. The molecule has 0 spiro atoms. The quantitative estimate of drug-likeness (QED) is 0.732. The molecule has 0 radical (unpaired) electrons. The first-order valence-electron chi connectivity index (χ1n) is 9.74. The Hall–Kier alpha value is -2.52. The molecule has 1 aromatic carbocycles. The Bertz CT molecular complexity index is 1090. The first-order chi connectivity index (χ1) is 13.1. The van der Waals surface area contributed by atoms with Gasteiger partial charge in [-0.3, -0.25) is 9.78 Å². The number of hydrogen-bond acceptors (Lipinski definition) is 3. The molecule has 0 amide bonds. The lowest BCUT2D eigenvalue weighted by Gasteiger charge is -2.27. The van der Waals surface area contributed by atoms with Gasteiger partial charge in [-0.2, -0.15) is 0 Å². The Kier molecular flexibility index (Phi) is 5.04. The van der Waals surface area contributed by atoms with Crippen LogP contribution in [0.5, 0.6) is 0 Å². The minimum Gasteiger partial charge on any atom is -0.371 e. The summed E-state index contributed by atoms with van der Waals surface area (Å²) in [5, 5.41) is 4.06. The molecule has 0 fully saturated rings. The summed E-state index contributed by atoms with van der Waals surface area (Å²) in [7, 11) is 0. The number of carbonyl (C=O) groups excluding carboxylic acids is 1. The van der Waals surface area contributed by atoms with Crippen LogP contribution in [-0.4, -0.2) is 23.0 Å².